The molecule has 0 radical (unpaired) electrons. The predicted octanol–water partition coefficient (Wildman–Crippen LogP) is 4.13. The molecule has 2 aliphatic rings. The van der Waals surface area contributed by atoms with Crippen LogP contribution in [-0.2, 0) is 11.3 Å². The van der Waals surface area contributed by atoms with Crippen LogP contribution in [-0.4, -0.2) is 28.6 Å². The molecule has 2 fully saturated rings. The summed E-state index contributed by atoms with van der Waals surface area (Å²) in [4.78, 5) is 19.0. The number of benzene rings is 1. The van der Waals surface area contributed by atoms with Crippen molar-refractivity contribution in [1.82, 2.24) is 9.88 Å². The zero-order valence-electron chi connectivity index (χ0n) is 14.2. The minimum atomic E-state index is -0.243. The second kappa shape index (κ2) is 7.13. The highest BCUT2D eigenvalue weighted by Gasteiger charge is 2.33. The number of ether oxygens (including phenoxy) is 1. The van der Waals surface area contributed by atoms with Gasteiger partial charge in [-0.15, -0.1) is 0 Å². The number of carbonyl (C=O) groups is 1. The second-order valence-electron chi connectivity index (χ2n) is 6.75. The molecular weight excluding hydrogens is 314 g/mol. The van der Waals surface area contributed by atoms with Gasteiger partial charge in [0.05, 0.1) is 6.04 Å². The number of nitrogens with zero attached hydrogens (tertiary/aromatic N) is 2. The molecule has 1 amide bonds. The van der Waals surface area contributed by atoms with Crippen LogP contribution in [0.3, 0.4) is 0 Å². The first kappa shape index (κ1) is 15.9. The molecule has 1 aliphatic carbocycles. The average molecular weight is 337 g/mol. The van der Waals surface area contributed by atoms with Gasteiger partial charge in [-0.3, -0.25) is 0 Å². The Labute approximate surface area is 148 Å². The van der Waals surface area contributed by atoms with Crippen molar-refractivity contribution in [1.29, 1.82) is 0 Å². The van der Waals surface area contributed by atoms with Gasteiger partial charge >= 0.3 is 6.09 Å². The molecule has 0 unspecified atom stereocenters. The molecule has 2 aromatic rings. The van der Waals surface area contributed by atoms with E-state index in [9.17, 15) is 4.79 Å². The molecule has 4 rings (SSSR count). The molecular formula is C20H23N3O2. The van der Waals surface area contributed by atoms with Crippen molar-refractivity contribution in [2.75, 3.05) is 11.9 Å². The molecule has 1 aromatic carbocycles. The van der Waals surface area contributed by atoms with Crippen LogP contribution < -0.4 is 5.32 Å². The van der Waals surface area contributed by atoms with Crippen LogP contribution in [0.5, 0.6) is 0 Å². The van der Waals surface area contributed by atoms with E-state index in [2.05, 4.69) is 16.4 Å². The standard InChI is InChI=1S/C20H23N3O2/c24-20(25-14-15-6-2-1-3-7-15)23-13-5-9-18(23)17-8-4-12-21-19(17)22-16-10-11-16/h1-4,6-8,12,16,18H,5,9-11,13-14H2,(H,21,22)/t18-/m1/s1. The molecule has 1 aliphatic heterocycles. The van der Waals surface area contributed by atoms with E-state index < -0.39 is 0 Å². The van der Waals surface area contributed by atoms with E-state index >= 15 is 0 Å². The van der Waals surface area contributed by atoms with E-state index in [1.54, 1.807) is 6.20 Å². The highest BCUT2D eigenvalue weighted by molar-refractivity contribution is 5.69. The Morgan fingerprint density at radius 2 is 2.00 bits per heavy atom. The summed E-state index contributed by atoms with van der Waals surface area (Å²) in [7, 11) is 0. The largest absolute Gasteiger partial charge is 0.445 e. The maximum Gasteiger partial charge on any atom is 0.410 e. The summed E-state index contributed by atoms with van der Waals surface area (Å²) < 4.78 is 5.54. The Kier molecular flexibility index (Phi) is 4.55. The van der Waals surface area contributed by atoms with Crippen molar-refractivity contribution in [2.45, 2.75) is 44.4 Å². The summed E-state index contributed by atoms with van der Waals surface area (Å²) >= 11 is 0. The first-order valence-electron chi connectivity index (χ1n) is 9.00. The zero-order chi connectivity index (χ0) is 17.1. The molecule has 1 N–H and O–H groups in total. The Bertz CT molecular complexity index is 731. The van der Waals surface area contributed by atoms with Crippen molar-refractivity contribution >= 4 is 11.9 Å². The highest BCUT2D eigenvalue weighted by atomic mass is 16.6. The Hall–Kier alpha value is -2.56. The maximum absolute atomic E-state index is 12.6. The summed E-state index contributed by atoms with van der Waals surface area (Å²) in [6.07, 6.45) is 5.90. The minimum absolute atomic E-state index is 0.0400. The van der Waals surface area contributed by atoms with Gasteiger partial charge in [0, 0.05) is 24.3 Å². The molecule has 1 atom stereocenters. The molecule has 1 saturated heterocycles. The fourth-order valence-electron chi connectivity index (χ4n) is 3.34. The molecule has 1 aromatic heterocycles. The summed E-state index contributed by atoms with van der Waals surface area (Å²) in [6, 6.07) is 14.4. The van der Waals surface area contributed by atoms with Gasteiger partial charge in [0.25, 0.3) is 0 Å². The monoisotopic (exact) mass is 337 g/mol. The first-order chi connectivity index (χ1) is 12.3. The van der Waals surface area contributed by atoms with Crippen molar-refractivity contribution in [3.8, 4) is 0 Å². The number of carbonyl (C=O) groups excluding carboxylic acids is 1. The van der Waals surface area contributed by atoms with Crippen molar-refractivity contribution in [2.24, 2.45) is 0 Å². The van der Waals surface area contributed by atoms with Crippen LogP contribution >= 0.6 is 0 Å². The van der Waals surface area contributed by atoms with Crippen LogP contribution in [0.25, 0.3) is 0 Å². The highest BCUT2D eigenvalue weighted by Crippen LogP contribution is 2.37. The number of aromatic nitrogens is 1. The van der Waals surface area contributed by atoms with E-state index in [1.165, 1.54) is 12.8 Å². The van der Waals surface area contributed by atoms with Crippen molar-refractivity contribution < 1.29 is 9.53 Å². The molecule has 130 valence electrons. The third kappa shape index (κ3) is 3.76. The smallest absolute Gasteiger partial charge is 0.410 e. The molecule has 0 spiro atoms. The summed E-state index contributed by atoms with van der Waals surface area (Å²) in [5.41, 5.74) is 2.10. The topological polar surface area (TPSA) is 54.5 Å². The van der Waals surface area contributed by atoms with Crippen molar-refractivity contribution in [3.63, 3.8) is 0 Å². The van der Waals surface area contributed by atoms with Crippen molar-refractivity contribution in [3.05, 3.63) is 59.8 Å². The summed E-state index contributed by atoms with van der Waals surface area (Å²) in [6.45, 7) is 1.04. The number of hydrogen-bond acceptors (Lipinski definition) is 4. The summed E-state index contributed by atoms with van der Waals surface area (Å²) in [5, 5.41) is 3.49. The van der Waals surface area contributed by atoms with Gasteiger partial charge < -0.3 is 15.0 Å². The first-order valence-corrected chi connectivity index (χ1v) is 9.00. The lowest BCUT2D eigenvalue weighted by molar-refractivity contribution is 0.0921. The number of rotatable bonds is 5. The minimum Gasteiger partial charge on any atom is -0.445 e. The predicted molar refractivity (Wildman–Crippen MR) is 96.2 cm³/mol. The van der Waals surface area contributed by atoms with Gasteiger partial charge in [-0.25, -0.2) is 9.78 Å². The molecule has 25 heavy (non-hydrogen) atoms. The Morgan fingerprint density at radius 1 is 1.16 bits per heavy atom. The normalized spacial score (nSPS) is 19.7. The van der Waals surface area contributed by atoms with E-state index in [-0.39, 0.29) is 12.1 Å². The number of nitrogens with one attached hydrogen (secondary N) is 1. The lowest BCUT2D eigenvalue weighted by atomic mass is 10.1. The fraction of sp³-hybridized carbons (Fsp3) is 0.400. The van der Waals surface area contributed by atoms with Gasteiger partial charge in [0.15, 0.2) is 0 Å². The number of hydrogen-bond donors (Lipinski definition) is 1. The molecule has 2 heterocycles. The van der Waals surface area contributed by atoms with Crippen LogP contribution in [0, 0.1) is 0 Å². The summed E-state index contributed by atoms with van der Waals surface area (Å²) in [5.74, 6) is 0.915. The van der Waals surface area contributed by atoms with Crippen LogP contribution in [0.15, 0.2) is 48.7 Å². The quantitative estimate of drug-likeness (QED) is 0.891. The number of pyridine rings is 1. The molecule has 5 nitrogen and oxygen atoms in total. The maximum atomic E-state index is 12.6. The van der Waals surface area contributed by atoms with Crippen LogP contribution in [0.2, 0.25) is 0 Å². The molecule has 0 bridgehead atoms. The third-order valence-electron chi connectivity index (χ3n) is 4.81. The van der Waals surface area contributed by atoms with Crippen LogP contribution in [0.1, 0.15) is 42.9 Å². The van der Waals surface area contributed by atoms with Gasteiger partial charge in [-0.2, -0.15) is 0 Å². The van der Waals surface area contributed by atoms with E-state index in [0.717, 1.165) is 36.3 Å². The number of likely N-dealkylation sites (tertiary alicyclic amines) is 1. The lowest BCUT2D eigenvalue weighted by Crippen LogP contribution is -2.31. The van der Waals surface area contributed by atoms with Gasteiger partial charge in [-0.05, 0) is 37.3 Å². The SMILES string of the molecule is O=C(OCc1ccccc1)N1CCC[C@@H]1c1cccnc1NC1CC1. The lowest BCUT2D eigenvalue weighted by Gasteiger charge is -2.26. The molecule has 1 saturated carbocycles. The van der Waals surface area contributed by atoms with E-state index in [0.29, 0.717) is 12.6 Å². The average Bonchev–Trinajstić information content (AvgIpc) is 3.33. The van der Waals surface area contributed by atoms with Gasteiger partial charge in [0.1, 0.15) is 12.4 Å². The van der Waals surface area contributed by atoms with Gasteiger partial charge in [0.2, 0.25) is 0 Å². The van der Waals surface area contributed by atoms with Crippen LogP contribution in [0.4, 0.5) is 10.6 Å². The number of amides is 1. The van der Waals surface area contributed by atoms with E-state index in [4.69, 9.17) is 4.74 Å². The Balaban J connectivity index is 1.46. The number of anilines is 1. The fourth-order valence-corrected chi connectivity index (χ4v) is 3.34. The Morgan fingerprint density at radius 3 is 2.80 bits per heavy atom. The zero-order valence-corrected chi connectivity index (χ0v) is 14.2. The van der Waals surface area contributed by atoms with Gasteiger partial charge in [-0.1, -0.05) is 36.4 Å². The van der Waals surface area contributed by atoms with E-state index in [1.807, 2.05) is 41.3 Å². The third-order valence-corrected chi connectivity index (χ3v) is 4.81. The molecule has 5 heteroatoms. The second-order valence-corrected chi connectivity index (χ2v) is 6.75.